The molecule has 0 radical (unpaired) electrons. The van der Waals surface area contributed by atoms with E-state index in [9.17, 15) is 0 Å². The first-order valence-electron chi connectivity index (χ1n) is 19.7. The highest BCUT2D eigenvalue weighted by Gasteiger charge is 2.32. The molecule has 0 bridgehead atoms. The van der Waals surface area contributed by atoms with Crippen molar-refractivity contribution >= 4 is 22.4 Å². The topological polar surface area (TPSA) is 75.4 Å². The maximum absolute atomic E-state index is 5.18. The van der Waals surface area contributed by atoms with Crippen molar-refractivity contribution in [1.82, 2.24) is 20.3 Å². The molecular formula is C53H38N6. The molecule has 59 heavy (non-hydrogen) atoms. The summed E-state index contributed by atoms with van der Waals surface area (Å²) in [5.41, 5.74) is 9.70. The summed E-state index contributed by atoms with van der Waals surface area (Å²) < 4.78 is 0. The Morgan fingerprint density at radius 2 is 0.746 bits per heavy atom. The molecule has 9 aromatic rings. The van der Waals surface area contributed by atoms with E-state index < -0.39 is 5.66 Å². The molecule has 0 saturated carbocycles. The van der Waals surface area contributed by atoms with Crippen LogP contribution in [0.5, 0.6) is 0 Å². The second-order valence-electron chi connectivity index (χ2n) is 14.8. The monoisotopic (exact) mass is 758 g/mol. The second-order valence-corrected chi connectivity index (χ2v) is 14.8. The lowest BCUT2D eigenvalue weighted by Gasteiger charge is -2.33. The lowest BCUT2D eigenvalue weighted by Crippen LogP contribution is -2.46. The highest BCUT2D eigenvalue weighted by atomic mass is 15.2. The van der Waals surface area contributed by atoms with Crippen LogP contribution in [0.25, 0.3) is 67.2 Å². The molecule has 0 spiro atoms. The molecule has 0 amide bonds. The fourth-order valence-electron chi connectivity index (χ4n) is 7.56. The Bertz CT molecular complexity index is 2930. The number of aromatic nitrogens is 3. The molecule has 1 aromatic heterocycles. The van der Waals surface area contributed by atoms with Crippen LogP contribution in [0.4, 0.5) is 0 Å². The van der Waals surface area contributed by atoms with Crippen molar-refractivity contribution in [3.05, 3.63) is 223 Å². The van der Waals surface area contributed by atoms with Crippen molar-refractivity contribution in [2.45, 2.75) is 12.6 Å². The standard InChI is InChI=1S/C53H38N6/c1-53(58-51(41-18-10-4-11-19-41)57-52(59-53)42-20-12-5-13-21-42)47-32-30-37(31-33-47)45-29-25-38-24-28-44(34-46(38)35-45)36-22-26-43(27-23-36)50-55-48(39-14-6-2-7-15-39)54-49(56-50)40-16-8-3-9-17-40/h2-35H,1H3,(H,57,58,59). The van der Waals surface area contributed by atoms with E-state index >= 15 is 0 Å². The summed E-state index contributed by atoms with van der Waals surface area (Å²) in [7, 11) is 0. The predicted octanol–water partition coefficient (Wildman–Crippen LogP) is 12.0. The molecule has 6 heteroatoms. The van der Waals surface area contributed by atoms with E-state index in [0.29, 0.717) is 23.3 Å². The number of nitrogens with zero attached hydrogens (tertiary/aromatic N) is 5. The Morgan fingerprint density at radius 1 is 0.356 bits per heavy atom. The minimum atomic E-state index is -0.720. The Labute approximate surface area is 343 Å². The van der Waals surface area contributed by atoms with Crippen LogP contribution in [0.2, 0.25) is 0 Å². The van der Waals surface area contributed by atoms with Crippen LogP contribution in [-0.2, 0) is 5.66 Å². The van der Waals surface area contributed by atoms with E-state index in [0.717, 1.165) is 61.5 Å². The van der Waals surface area contributed by atoms with E-state index in [2.05, 4.69) is 121 Å². The fraction of sp³-hybridized carbons (Fsp3) is 0.0377. The minimum absolute atomic E-state index is 0.639. The summed E-state index contributed by atoms with van der Waals surface area (Å²) in [6, 6.07) is 71.0. The van der Waals surface area contributed by atoms with Gasteiger partial charge in [0.25, 0.3) is 0 Å². The Morgan fingerprint density at radius 3 is 1.24 bits per heavy atom. The molecule has 280 valence electrons. The van der Waals surface area contributed by atoms with E-state index in [4.69, 9.17) is 24.9 Å². The summed E-state index contributed by atoms with van der Waals surface area (Å²) in [5, 5.41) is 6.01. The third-order valence-electron chi connectivity index (χ3n) is 10.8. The van der Waals surface area contributed by atoms with Gasteiger partial charge in [0.2, 0.25) is 0 Å². The second kappa shape index (κ2) is 15.3. The lowest BCUT2D eigenvalue weighted by atomic mass is 9.94. The van der Waals surface area contributed by atoms with Gasteiger partial charge in [-0.15, -0.1) is 0 Å². The van der Waals surface area contributed by atoms with Crippen LogP contribution < -0.4 is 5.32 Å². The number of hydrogen-bond acceptors (Lipinski definition) is 6. The molecule has 6 nitrogen and oxygen atoms in total. The first-order chi connectivity index (χ1) is 29.0. The average Bonchev–Trinajstić information content (AvgIpc) is 3.32. The third kappa shape index (κ3) is 7.31. The number of amidine groups is 2. The molecule has 0 aliphatic carbocycles. The molecule has 0 fully saturated rings. The van der Waals surface area contributed by atoms with E-state index in [-0.39, 0.29) is 0 Å². The predicted molar refractivity (Wildman–Crippen MR) is 241 cm³/mol. The van der Waals surface area contributed by atoms with Gasteiger partial charge < -0.3 is 5.32 Å². The average molecular weight is 759 g/mol. The SMILES string of the molecule is CC1(c2ccc(-c3ccc4ccc(-c5ccc(-c6nc(-c7ccccc7)nc(-c7ccccc7)n6)cc5)cc4c3)cc2)N=C(c2ccccc2)N=C(c2ccccc2)N1. The Balaban J connectivity index is 0.932. The van der Waals surface area contributed by atoms with Crippen LogP contribution in [-0.4, -0.2) is 26.6 Å². The van der Waals surface area contributed by atoms with Gasteiger partial charge in [-0.2, -0.15) is 0 Å². The van der Waals surface area contributed by atoms with Gasteiger partial charge in [0.1, 0.15) is 5.84 Å². The molecule has 0 saturated heterocycles. The quantitative estimate of drug-likeness (QED) is 0.167. The number of rotatable bonds is 8. The molecule has 1 aliphatic heterocycles. The fourth-order valence-corrected chi connectivity index (χ4v) is 7.56. The smallest absolute Gasteiger partial charge is 0.164 e. The molecule has 10 rings (SSSR count). The van der Waals surface area contributed by atoms with Crippen LogP contribution >= 0.6 is 0 Å². The first-order valence-corrected chi connectivity index (χ1v) is 19.7. The van der Waals surface area contributed by atoms with Gasteiger partial charge in [0.15, 0.2) is 29.0 Å². The number of benzene rings is 8. The van der Waals surface area contributed by atoms with Gasteiger partial charge in [-0.25, -0.2) is 24.9 Å². The van der Waals surface area contributed by atoms with Crippen LogP contribution in [0.1, 0.15) is 23.6 Å². The molecule has 8 aromatic carbocycles. The van der Waals surface area contributed by atoms with E-state index in [1.807, 2.05) is 97.1 Å². The molecular weight excluding hydrogens is 721 g/mol. The Kier molecular flexibility index (Phi) is 9.20. The van der Waals surface area contributed by atoms with Crippen molar-refractivity contribution in [3.8, 4) is 56.4 Å². The molecule has 1 atom stereocenters. The number of nitrogens with one attached hydrogen (secondary N) is 1. The molecule has 1 N–H and O–H groups in total. The highest BCUT2D eigenvalue weighted by molar-refractivity contribution is 6.13. The summed E-state index contributed by atoms with van der Waals surface area (Å²) in [6.45, 7) is 2.11. The molecule has 2 heterocycles. The number of hydrogen-bond donors (Lipinski definition) is 1. The van der Waals surface area contributed by atoms with Crippen molar-refractivity contribution in [2.75, 3.05) is 0 Å². The number of aliphatic imine (C=N–C) groups is 2. The van der Waals surface area contributed by atoms with E-state index in [1.165, 1.54) is 10.8 Å². The van der Waals surface area contributed by atoms with Gasteiger partial charge in [0.05, 0.1) is 0 Å². The zero-order chi connectivity index (χ0) is 39.6. The van der Waals surface area contributed by atoms with Crippen LogP contribution in [0.15, 0.2) is 216 Å². The number of fused-ring (bicyclic) bond motifs is 1. The van der Waals surface area contributed by atoms with Crippen LogP contribution in [0.3, 0.4) is 0 Å². The van der Waals surface area contributed by atoms with Gasteiger partial charge in [0, 0.05) is 27.8 Å². The summed E-state index contributed by atoms with van der Waals surface area (Å²) in [5.74, 6) is 3.44. The maximum Gasteiger partial charge on any atom is 0.164 e. The van der Waals surface area contributed by atoms with Crippen molar-refractivity contribution < 1.29 is 0 Å². The summed E-state index contributed by atoms with van der Waals surface area (Å²) in [6.07, 6.45) is 0. The van der Waals surface area contributed by atoms with Gasteiger partial charge >= 0.3 is 0 Å². The van der Waals surface area contributed by atoms with Gasteiger partial charge in [-0.3, -0.25) is 0 Å². The van der Waals surface area contributed by atoms with Crippen LogP contribution in [0, 0.1) is 0 Å². The molecule has 1 aliphatic rings. The highest BCUT2D eigenvalue weighted by Crippen LogP contribution is 2.33. The first kappa shape index (κ1) is 35.6. The van der Waals surface area contributed by atoms with Gasteiger partial charge in [-0.1, -0.05) is 194 Å². The maximum atomic E-state index is 5.18. The minimum Gasteiger partial charge on any atom is -0.342 e. The van der Waals surface area contributed by atoms with Crippen molar-refractivity contribution in [3.63, 3.8) is 0 Å². The normalized spacial score (nSPS) is 14.9. The lowest BCUT2D eigenvalue weighted by molar-refractivity contribution is 0.455. The van der Waals surface area contributed by atoms with Crippen molar-refractivity contribution in [1.29, 1.82) is 0 Å². The third-order valence-corrected chi connectivity index (χ3v) is 10.8. The van der Waals surface area contributed by atoms with Gasteiger partial charge in [-0.05, 0) is 57.6 Å². The zero-order valence-corrected chi connectivity index (χ0v) is 32.4. The summed E-state index contributed by atoms with van der Waals surface area (Å²) >= 11 is 0. The zero-order valence-electron chi connectivity index (χ0n) is 32.4. The summed E-state index contributed by atoms with van der Waals surface area (Å²) in [4.78, 5) is 24.8. The van der Waals surface area contributed by atoms with Crippen molar-refractivity contribution in [2.24, 2.45) is 9.98 Å². The molecule has 1 unspecified atom stereocenters. The Hall–Kier alpha value is -7.83. The largest absolute Gasteiger partial charge is 0.342 e. The van der Waals surface area contributed by atoms with E-state index in [1.54, 1.807) is 0 Å².